The monoisotopic (exact) mass is 466 g/mol. The predicted molar refractivity (Wildman–Crippen MR) is 118 cm³/mol. The van der Waals surface area contributed by atoms with Crippen molar-refractivity contribution in [2.45, 2.75) is 23.5 Å². The Bertz CT molecular complexity index is 1160. The van der Waals surface area contributed by atoms with Gasteiger partial charge in [-0.15, -0.1) is 0 Å². The highest BCUT2D eigenvalue weighted by atomic mass is 35.5. The van der Waals surface area contributed by atoms with Gasteiger partial charge in [-0.25, -0.2) is 8.42 Å². The third kappa shape index (κ3) is 4.84. The predicted octanol–water partition coefficient (Wildman–Crippen LogP) is 6.74. The largest absolute Gasteiger partial charge is 0.294 e. The van der Waals surface area contributed by atoms with Gasteiger partial charge in [0.25, 0.3) is 0 Å². The summed E-state index contributed by atoms with van der Waals surface area (Å²) >= 11 is 18.4. The topological polar surface area (TPSA) is 51.2 Å². The van der Waals surface area contributed by atoms with E-state index < -0.39 is 20.9 Å². The summed E-state index contributed by atoms with van der Waals surface area (Å²) in [5.41, 5.74) is 1.52. The lowest BCUT2D eigenvalue weighted by molar-refractivity contribution is 0.0981. The van der Waals surface area contributed by atoms with E-state index in [4.69, 9.17) is 34.8 Å². The molecule has 0 radical (unpaired) electrons. The fraction of sp³-hybridized carbons (Fsp3) is 0.136. The van der Waals surface area contributed by atoms with Crippen LogP contribution < -0.4 is 0 Å². The summed E-state index contributed by atoms with van der Waals surface area (Å²) in [5.74, 6) is -0.410. The summed E-state index contributed by atoms with van der Waals surface area (Å²) in [6.45, 7) is 1.87. The number of carbonyl (C=O) groups excluding carboxylic acids is 1. The van der Waals surface area contributed by atoms with Gasteiger partial charge in [0, 0.05) is 22.0 Å². The first-order valence-corrected chi connectivity index (χ1v) is 11.4. The molecule has 0 aromatic heterocycles. The number of hydrogen-bond acceptors (Lipinski definition) is 3. The Morgan fingerprint density at radius 3 is 2.17 bits per heavy atom. The highest BCUT2D eigenvalue weighted by Gasteiger charge is 2.33. The third-order valence-corrected chi connectivity index (χ3v) is 7.57. The number of sulfone groups is 1. The Morgan fingerprint density at radius 2 is 1.55 bits per heavy atom. The Hall–Kier alpha value is -1.85. The van der Waals surface area contributed by atoms with Crippen LogP contribution in [0.4, 0.5) is 0 Å². The Morgan fingerprint density at radius 1 is 0.897 bits per heavy atom. The minimum atomic E-state index is -3.89. The molecular formula is C22H17Cl3O3S. The molecule has 0 aliphatic rings. The standard InChI is InChI=1S/C22H17Cl3O3S/c1-14-6-9-16(10-7-14)29(27,28)22(18-4-2-3-5-19(18)24)13-21(26)17-11-8-15(23)12-20(17)25/h2-12,22H,13H2,1H3/t22-/m0/s1. The quantitative estimate of drug-likeness (QED) is 0.377. The Labute approximate surface area is 185 Å². The molecule has 1 atom stereocenters. The minimum absolute atomic E-state index is 0.128. The second kappa shape index (κ2) is 8.88. The van der Waals surface area contributed by atoms with Gasteiger partial charge in [0.15, 0.2) is 15.6 Å². The molecule has 7 heteroatoms. The number of hydrogen-bond donors (Lipinski definition) is 0. The van der Waals surface area contributed by atoms with E-state index in [9.17, 15) is 13.2 Å². The van der Waals surface area contributed by atoms with Crippen LogP contribution in [0.5, 0.6) is 0 Å². The van der Waals surface area contributed by atoms with Crippen molar-refractivity contribution in [2.75, 3.05) is 0 Å². The van der Waals surface area contributed by atoms with Gasteiger partial charge in [-0.1, -0.05) is 70.7 Å². The summed E-state index contributed by atoms with van der Waals surface area (Å²) in [4.78, 5) is 13.1. The second-order valence-corrected chi connectivity index (χ2v) is 10.0. The SMILES string of the molecule is Cc1ccc(S(=O)(=O)[C@@H](CC(=O)c2ccc(Cl)cc2Cl)c2ccccc2Cl)cc1. The van der Waals surface area contributed by atoms with Crippen LogP contribution in [0.1, 0.15) is 33.2 Å². The maximum atomic E-state index is 13.4. The lowest BCUT2D eigenvalue weighted by Crippen LogP contribution is -2.18. The van der Waals surface area contributed by atoms with Crippen LogP contribution in [-0.4, -0.2) is 14.2 Å². The van der Waals surface area contributed by atoms with E-state index in [0.717, 1.165) is 5.56 Å². The second-order valence-electron chi connectivity index (χ2n) is 6.62. The van der Waals surface area contributed by atoms with Crippen molar-refractivity contribution in [2.24, 2.45) is 0 Å². The highest BCUT2D eigenvalue weighted by molar-refractivity contribution is 7.91. The molecular weight excluding hydrogens is 451 g/mol. The van der Waals surface area contributed by atoms with Gasteiger partial charge in [0.05, 0.1) is 15.2 Å². The Kier molecular flexibility index (Phi) is 6.69. The smallest absolute Gasteiger partial charge is 0.185 e. The molecule has 0 spiro atoms. The van der Waals surface area contributed by atoms with Crippen molar-refractivity contribution < 1.29 is 13.2 Å². The normalized spacial score (nSPS) is 12.6. The van der Waals surface area contributed by atoms with Crippen LogP contribution in [0.2, 0.25) is 15.1 Å². The molecule has 0 heterocycles. The zero-order chi connectivity index (χ0) is 21.2. The molecule has 0 unspecified atom stereocenters. The number of benzene rings is 3. The summed E-state index contributed by atoms with van der Waals surface area (Å²) in [6.07, 6.45) is -0.304. The molecule has 0 aliphatic carbocycles. The first-order valence-electron chi connectivity index (χ1n) is 8.73. The molecule has 0 saturated carbocycles. The fourth-order valence-corrected chi connectivity index (χ4v) is 5.61. The van der Waals surface area contributed by atoms with Crippen LogP contribution in [0.3, 0.4) is 0 Å². The van der Waals surface area contributed by atoms with Crippen LogP contribution >= 0.6 is 34.8 Å². The lowest BCUT2D eigenvalue weighted by Gasteiger charge is -2.19. The molecule has 3 nitrogen and oxygen atoms in total. The zero-order valence-electron chi connectivity index (χ0n) is 15.4. The summed E-state index contributed by atoms with van der Waals surface area (Å²) in [5, 5.41) is -0.309. The molecule has 3 rings (SSSR count). The summed E-state index contributed by atoms with van der Waals surface area (Å²) in [6, 6.07) is 17.6. The number of carbonyl (C=O) groups is 1. The molecule has 150 valence electrons. The van der Waals surface area contributed by atoms with Crippen molar-refractivity contribution in [3.8, 4) is 0 Å². The molecule has 3 aromatic carbocycles. The average Bonchev–Trinajstić information content (AvgIpc) is 2.67. The fourth-order valence-electron chi connectivity index (χ4n) is 3.01. The first kappa shape index (κ1) is 21.8. The van der Waals surface area contributed by atoms with Gasteiger partial charge < -0.3 is 0 Å². The van der Waals surface area contributed by atoms with E-state index in [0.29, 0.717) is 10.6 Å². The van der Waals surface area contributed by atoms with Crippen molar-refractivity contribution in [1.82, 2.24) is 0 Å². The van der Waals surface area contributed by atoms with Crippen LogP contribution in [0, 0.1) is 6.92 Å². The van der Waals surface area contributed by atoms with Crippen LogP contribution in [0.15, 0.2) is 71.6 Å². The molecule has 0 fully saturated rings. The maximum absolute atomic E-state index is 13.4. The van der Waals surface area contributed by atoms with Crippen LogP contribution in [0.25, 0.3) is 0 Å². The van der Waals surface area contributed by atoms with E-state index in [1.807, 2.05) is 6.92 Å². The van der Waals surface area contributed by atoms with Crippen molar-refractivity contribution >= 4 is 50.4 Å². The molecule has 0 N–H and O–H groups in total. The van der Waals surface area contributed by atoms with E-state index in [-0.39, 0.29) is 26.9 Å². The van der Waals surface area contributed by atoms with E-state index >= 15 is 0 Å². The highest BCUT2D eigenvalue weighted by Crippen LogP contribution is 2.37. The van der Waals surface area contributed by atoms with E-state index in [1.54, 1.807) is 42.5 Å². The third-order valence-electron chi connectivity index (χ3n) is 4.58. The van der Waals surface area contributed by atoms with Gasteiger partial charge >= 0.3 is 0 Å². The number of ketones is 1. The van der Waals surface area contributed by atoms with Crippen LogP contribution in [-0.2, 0) is 9.84 Å². The van der Waals surface area contributed by atoms with Gasteiger partial charge in [-0.2, -0.15) is 0 Å². The molecule has 0 bridgehead atoms. The molecule has 0 aliphatic heterocycles. The zero-order valence-corrected chi connectivity index (χ0v) is 18.5. The molecule has 0 saturated heterocycles. The summed E-state index contributed by atoms with van der Waals surface area (Å²) in [7, 11) is -3.89. The van der Waals surface area contributed by atoms with Gasteiger partial charge in [-0.05, 0) is 48.9 Å². The van der Waals surface area contributed by atoms with Crippen molar-refractivity contribution in [3.05, 3.63) is 98.5 Å². The van der Waals surface area contributed by atoms with Gasteiger partial charge in [-0.3, -0.25) is 4.79 Å². The lowest BCUT2D eigenvalue weighted by atomic mass is 10.0. The number of rotatable bonds is 6. The van der Waals surface area contributed by atoms with Crippen molar-refractivity contribution in [3.63, 3.8) is 0 Å². The molecule has 3 aromatic rings. The number of halogens is 3. The van der Waals surface area contributed by atoms with E-state index in [1.165, 1.54) is 24.3 Å². The summed E-state index contributed by atoms with van der Waals surface area (Å²) < 4.78 is 26.9. The molecule has 0 amide bonds. The number of Topliss-reactive ketones (excluding diaryl/α,β-unsaturated/α-hetero) is 1. The molecule has 29 heavy (non-hydrogen) atoms. The van der Waals surface area contributed by atoms with E-state index in [2.05, 4.69) is 0 Å². The maximum Gasteiger partial charge on any atom is 0.185 e. The van der Waals surface area contributed by atoms with Gasteiger partial charge in [0.2, 0.25) is 0 Å². The number of aryl methyl sites for hydroxylation is 1. The minimum Gasteiger partial charge on any atom is -0.294 e. The van der Waals surface area contributed by atoms with Gasteiger partial charge in [0.1, 0.15) is 0 Å². The average molecular weight is 468 g/mol. The first-order chi connectivity index (χ1) is 13.7. The van der Waals surface area contributed by atoms with Crippen molar-refractivity contribution in [1.29, 1.82) is 0 Å². The Balaban J connectivity index is 2.08.